The fraction of sp³-hybridized carbons (Fsp3) is 0.150. The maximum absolute atomic E-state index is 13.8. The Morgan fingerprint density at radius 2 is 2.07 bits per heavy atom. The zero-order valence-corrected chi connectivity index (χ0v) is 16.1. The maximum Gasteiger partial charge on any atom is 0.277 e. The van der Waals surface area contributed by atoms with Crippen LogP contribution in [0, 0.1) is 11.6 Å². The second-order valence-electron chi connectivity index (χ2n) is 6.36. The van der Waals surface area contributed by atoms with Crippen molar-refractivity contribution in [1.82, 2.24) is 20.5 Å². The Labute approximate surface area is 168 Å². The molecular weight excluding hydrogens is 398 g/mol. The van der Waals surface area contributed by atoms with Crippen molar-refractivity contribution in [3.63, 3.8) is 0 Å². The summed E-state index contributed by atoms with van der Waals surface area (Å²) in [5.41, 5.74) is 1.95. The van der Waals surface area contributed by atoms with Crippen molar-refractivity contribution < 1.29 is 18.0 Å². The topological polar surface area (TPSA) is 83.8 Å². The predicted octanol–water partition coefficient (Wildman–Crippen LogP) is 4.47. The van der Waals surface area contributed by atoms with Crippen LogP contribution in [0.3, 0.4) is 0 Å². The molecule has 1 atom stereocenters. The summed E-state index contributed by atoms with van der Waals surface area (Å²) in [7, 11) is 0. The van der Waals surface area contributed by atoms with Gasteiger partial charge in [-0.25, -0.2) is 8.78 Å². The van der Waals surface area contributed by atoms with Gasteiger partial charge in [-0.15, -0.1) is 10.2 Å². The third kappa shape index (κ3) is 4.14. The van der Waals surface area contributed by atoms with Gasteiger partial charge in [0.05, 0.1) is 17.4 Å². The first-order chi connectivity index (χ1) is 14.0. The van der Waals surface area contributed by atoms with E-state index < -0.39 is 17.7 Å². The van der Waals surface area contributed by atoms with Gasteiger partial charge in [0.25, 0.3) is 11.1 Å². The molecule has 0 bridgehead atoms. The van der Waals surface area contributed by atoms with Gasteiger partial charge in [0, 0.05) is 28.7 Å². The third-order valence-electron chi connectivity index (χ3n) is 4.36. The molecule has 4 aromatic rings. The predicted molar refractivity (Wildman–Crippen MR) is 105 cm³/mol. The van der Waals surface area contributed by atoms with Crippen molar-refractivity contribution in [2.24, 2.45) is 0 Å². The zero-order valence-electron chi connectivity index (χ0n) is 15.3. The number of amides is 1. The summed E-state index contributed by atoms with van der Waals surface area (Å²) in [5.74, 6) is -1.33. The molecule has 4 rings (SSSR count). The first-order valence-corrected chi connectivity index (χ1v) is 9.77. The molecule has 0 spiro atoms. The number of para-hydroxylation sites is 1. The molecule has 9 heteroatoms. The number of benzene rings is 2. The molecule has 2 aromatic carbocycles. The molecule has 0 fully saturated rings. The lowest BCUT2D eigenvalue weighted by Gasteiger charge is -2.14. The number of aromatic amines is 1. The number of carbonyl (C=O) groups excluding carboxylic acids is 1. The molecule has 0 saturated carbocycles. The number of fused-ring (bicyclic) bond motifs is 1. The fourth-order valence-electron chi connectivity index (χ4n) is 2.97. The van der Waals surface area contributed by atoms with Crippen LogP contribution in [0.4, 0.5) is 8.78 Å². The van der Waals surface area contributed by atoms with Gasteiger partial charge in [0.15, 0.2) is 0 Å². The highest BCUT2D eigenvalue weighted by atomic mass is 32.2. The molecule has 2 N–H and O–H groups in total. The van der Waals surface area contributed by atoms with Gasteiger partial charge >= 0.3 is 0 Å². The number of aromatic nitrogens is 3. The summed E-state index contributed by atoms with van der Waals surface area (Å²) in [6, 6.07) is 10.4. The summed E-state index contributed by atoms with van der Waals surface area (Å²) >= 11 is 1.08. The summed E-state index contributed by atoms with van der Waals surface area (Å²) < 4.78 is 32.5. The van der Waals surface area contributed by atoms with E-state index >= 15 is 0 Å². The minimum Gasteiger partial charge on any atom is -0.411 e. The van der Waals surface area contributed by atoms with Crippen LogP contribution in [0.5, 0.6) is 0 Å². The van der Waals surface area contributed by atoms with Crippen molar-refractivity contribution in [2.75, 3.05) is 5.75 Å². The van der Waals surface area contributed by atoms with Gasteiger partial charge in [0.1, 0.15) is 11.6 Å². The van der Waals surface area contributed by atoms with E-state index in [1.54, 1.807) is 13.1 Å². The Morgan fingerprint density at radius 3 is 2.90 bits per heavy atom. The molecule has 29 heavy (non-hydrogen) atoms. The highest BCUT2D eigenvalue weighted by Gasteiger charge is 2.17. The van der Waals surface area contributed by atoms with Gasteiger partial charge in [-0.3, -0.25) is 4.79 Å². The smallest absolute Gasteiger partial charge is 0.277 e. The lowest BCUT2D eigenvalue weighted by atomic mass is 10.1. The first-order valence-electron chi connectivity index (χ1n) is 8.78. The largest absolute Gasteiger partial charge is 0.411 e. The van der Waals surface area contributed by atoms with Crippen LogP contribution < -0.4 is 5.32 Å². The van der Waals surface area contributed by atoms with E-state index in [1.165, 1.54) is 6.07 Å². The van der Waals surface area contributed by atoms with Crippen molar-refractivity contribution in [3.05, 3.63) is 65.9 Å². The van der Waals surface area contributed by atoms with E-state index in [2.05, 4.69) is 20.5 Å². The Morgan fingerprint density at radius 1 is 1.24 bits per heavy atom. The molecule has 6 nitrogen and oxygen atoms in total. The molecule has 148 valence electrons. The van der Waals surface area contributed by atoms with Crippen molar-refractivity contribution in [3.8, 4) is 11.5 Å². The summed E-state index contributed by atoms with van der Waals surface area (Å²) in [4.78, 5) is 15.3. The average molecular weight is 414 g/mol. The molecule has 0 aliphatic rings. The molecule has 1 amide bonds. The number of H-pyrrole nitrogens is 1. The van der Waals surface area contributed by atoms with Crippen LogP contribution in [-0.4, -0.2) is 26.8 Å². The Balaban J connectivity index is 1.38. The van der Waals surface area contributed by atoms with Crippen LogP contribution >= 0.6 is 11.8 Å². The van der Waals surface area contributed by atoms with E-state index in [1.807, 2.05) is 24.3 Å². The van der Waals surface area contributed by atoms with E-state index in [4.69, 9.17) is 4.42 Å². The number of halogens is 2. The Hall–Kier alpha value is -3.20. The van der Waals surface area contributed by atoms with E-state index in [0.717, 1.165) is 40.4 Å². The number of hydrogen-bond donors (Lipinski definition) is 2. The van der Waals surface area contributed by atoms with Crippen LogP contribution in [0.25, 0.3) is 22.4 Å². The van der Waals surface area contributed by atoms with E-state index in [0.29, 0.717) is 5.89 Å². The Bertz CT molecular complexity index is 1170. The minimum atomic E-state index is -0.703. The third-order valence-corrected chi connectivity index (χ3v) is 5.18. The molecule has 0 saturated heterocycles. The SMILES string of the molecule is C[C@H](NC(=O)CSc1nnc(-c2c[nH]c3ccccc23)o1)c1ccc(F)cc1F. The normalized spacial score (nSPS) is 12.2. The number of rotatable bonds is 6. The second-order valence-corrected chi connectivity index (χ2v) is 7.29. The summed E-state index contributed by atoms with van der Waals surface area (Å²) in [6.45, 7) is 1.63. The number of nitrogens with one attached hydrogen (secondary N) is 2. The van der Waals surface area contributed by atoms with E-state index in [-0.39, 0.29) is 22.4 Å². The molecule has 0 aliphatic heterocycles. The summed E-state index contributed by atoms with van der Waals surface area (Å²) in [5, 5.41) is 11.9. The molecule has 0 radical (unpaired) electrons. The maximum atomic E-state index is 13.8. The molecule has 2 heterocycles. The molecule has 0 unspecified atom stereocenters. The summed E-state index contributed by atoms with van der Waals surface area (Å²) in [6.07, 6.45) is 1.79. The van der Waals surface area contributed by atoms with Gasteiger partial charge < -0.3 is 14.7 Å². The Kier molecular flexibility index (Phi) is 5.30. The van der Waals surface area contributed by atoms with Crippen molar-refractivity contribution in [1.29, 1.82) is 0 Å². The van der Waals surface area contributed by atoms with Gasteiger partial charge in [0.2, 0.25) is 5.91 Å². The lowest BCUT2D eigenvalue weighted by Crippen LogP contribution is -2.28. The average Bonchev–Trinajstić information content (AvgIpc) is 3.33. The fourth-order valence-corrected chi connectivity index (χ4v) is 3.54. The van der Waals surface area contributed by atoms with Crippen molar-refractivity contribution in [2.45, 2.75) is 18.2 Å². The highest BCUT2D eigenvalue weighted by molar-refractivity contribution is 7.99. The molecule has 2 aromatic heterocycles. The minimum absolute atomic E-state index is 0.0165. The van der Waals surface area contributed by atoms with Crippen molar-refractivity contribution >= 4 is 28.6 Å². The molecular formula is C20H16F2N4O2S. The number of nitrogens with zero attached hydrogens (tertiary/aromatic N) is 2. The number of thioether (sulfide) groups is 1. The van der Waals surface area contributed by atoms with Crippen LogP contribution in [0.2, 0.25) is 0 Å². The first kappa shape index (κ1) is 19.1. The molecule has 0 aliphatic carbocycles. The second kappa shape index (κ2) is 8.04. The quantitative estimate of drug-likeness (QED) is 0.455. The van der Waals surface area contributed by atoms with Gasteiger partial charge in [-0.1, -0.05) is 36.0 Å². The van der Waals surface area contributed by atoms with Crippen LogP contribution in [0.1, 0.15) is 18.5 Å². The lowest BCUT2D eigenvalue weighted by molar-refractivity contribution is -0.119. The van der Waals surface area contributed by atoms with E-state index in [9.17, 15) is 13.6 Å². The number of carbonyl (C=O) groups is 1. The van der Waals surface area contributed by atoms with Gasteiger partial charge in [-0.05, 0) is 19.1 Å². The standard InChI is InChI=1S/C20H16F2N4O2S/c1-11(13-7-6-12(21)8-16(13)22)24-18(27)10-29-20-26-25-19(28-20)15-9-23-17-5-3-2-4-14(15)17/h2-9,11,23H,10H2,1H3,(H,24,27)/t11-/m0/s1. The monoisotopic (exact) mass is 414 g/mol. The van der Waals surface area contributed by atoms with Crippen LogP contribution in [-0.2, 0) is 4.79 Å². The van der Waals surface area contributed by atoms with Crippen LogP contribution in [0.15, 0.2) is 58.3 Å². The number of hydrogen-bond acceptors (Lipinski definition) is 5. The zero-order chi connectivity index (χ0) is 20.4. The highest BCUT2D eigenvalue weighted by Crippen LogP contribution is 2.29. The van der Waals surface area contributed by atoms with Gasteiger partial charge in [-0.2, -0.15) is 0 Å².